The molecular formula is C36H37NO6S. The molecule has 0 radical (unpaired) electrons. The molecule has 1 aliphatic carbocycles. The van der Waals surface area contributed by atoms with Gasteiger partial charge in [-0.1, -0.05) is 115 Å². The Morgan fingerprint density at radius 2 is 1.59 bits per heavy atom. The Balaban J connectivity index is 1.32. The van der Waals surface area contributed by atoms with Crippen molar-refractivity contribution in [3.05, 3.63) is 143 Å². The molecule has 44 heavy (non-hydrogen) atoms. The summed E-state index contributed by atoms with van der Waals surface area (Å²) in [4.78, 5) is 13.9. The summed E-state index contributed by atoms with van der Waals surface area (Å²) in [7, 11) is -3.91. The van der Waals surface area contributed by atoms with Crippen molar-refractivity contribution in [1.29, 1.82) is 0 Å². The fraction of sp³-hybridized carbons (Fsp3) is 0.250. The van der Waals surface area contributed by atoms with E-state index in [0.29, 0.717) is 13.0 Å². The van der Waals surface area contributed by atoms with Crippen molar-refractivity contribution < 1.29 is 27.8 Å². The maximum Gasteiger partial charge on any atom is 0.315 e. The van der Waals surface area contributed by atoms with Crippen molar-refractivity contribution in [3.8, 4) is 0 Å². The van der Waals surface area contributed by atoms with Gasteiger partial charge < -0.3 is 14.6 Å². The van der Waals surface area contributed by atoms with E-state index in [1.165, 1.54) is 0 Å². The molecule has 0 fully saturated rings. The van der Waals surface area contributed by atoms with Crippen molar-refractivity contribution in [2.45, 2.75) is 49.5 Å². The molecule has 0 amide bonds. The molecular weight excluding hydrogens is 574 g/mol. The number of aliphatic hydroxyl groups is 1. The van der Waals surface area contributed by atoms with Crippen LogP contribution in [0.2, 0.25) is 0 Å². The van der Waals surface area contributed by atoms with Gasteiger partial charge in [-0.05, 0) is 47.7 Å². The number of aryl methyl sites for hydroxylation is 1. The third-order valence-electron chi connectivity index (χ3n) is 7.72. The van der Waals surface area contributed by atoms with E-state index in [0.717, 1.165) is 27.8 Å². The Morgan fingerprint density at radius 1 is 0.932 bits per heavy atom. The van der Waals surface area contributed by atoms with Gasteiger partial charge in [-0.15, -0.1) is 0 Å². The summed E-state index contributed by atoms with van der Waals surface area (Å²) in [5.41, 5.74) is 4.48. The van der Waals surface area contributed by atoms with Gasteiger partial charge in [0.25, 0.3) is 0 Å². The molecule has 0 saturated carbocycles. The van der Waals surface area contributed by atoms with Gasteiger partial charge in [0.05, 0.1) is 23.6 Å². The number of hydrogen-bond acceptors (Lipinski definition) is 6. The van der Waals surface area contributed by atoms with Crippen LogP contribution in [-0.2, 0) is 37.3 Å². The van der Waals surface area contributed by atoms with Crippen LogP contribution in [0.15, 0.2) is 120 Å². The predicted octanol–water partition coefficient (Wildman–Crippen LogP) is 5.78. The molecule has 0 aliphatic heterocycles. The summed E-state index contributed by atoms with van der Waals surface area (Å²) in [6, 6.07) is 32.5. The Labute approximate surface area is 259 Å². The van der Waals surface area contributed by atoms with Gasteiger partial charge in [0.15, 0.2) is 0 Å². The van der Waals surface area contributed by atoms with E-state index < -0.39 is 40.2 Å². The molecule has 2 N–H and O–H groups in total. The first-order chi connectivity index (χ1) is 21.3. The number of benzene rings is 4. The van der Waals surface area contributed by atoms with Crippen LogP contribution in [0.25, 0.3) is 6.08 Å². The highest BCUT2D eigenvalue weighted by atomic mass is 32.2. The maximum absolute atomic E-state index is 13.7. The summed E-state index contributed by atoms with van der Waals surface area (Å²) in [6.45, 7) is 2.53. The first-order valence-electron chi connectivity index (χ1n) is 14.7. The molecule has 0 bridgehead atoms. The second-order valence-electron chi connectivity index (χ2n) is 11.0. The number of sulfonamides is 1. The first-order valence-corrected chi connectivity index (χ1v) is 16.2. The molecule has 0 heterocycles. The van der Waals surface area contributed by atoms with Crippen molar-refractivity contribution in [2.24, 2.45) is 5.92 Å². The van der Waals surface area contributed by atoms with Gasteiger partial charge in [-0.3, -0.25) is 4.79 Å². The normalized spacial score (nSPS) is 17.7. The average molecular weight is 612 g/mol. The van der Waals surface area contributed by atoms with Gasteiger partial charge in [-0.2, -0.15) is 4.72 Å². The van der Waals surface area contributed by atoms with Crippen molar-refractivity contribution >= 4 is 22.1 Å². The van der Waals surface area contributed by atoms with Crippen LogP contribution in [-0.4, -0.2) is 38.3 Å². The van der Waals surface area contributed by atoms with Crippen LogP contribution in [0, 0.1) is 12.8 Å². The summed E-state index contributed by atoms with van der Waals surface area (Å²) in [6.07, 6.45) is 2.10. The van der Waals surface area contributed by atoms with Gasteiger partial charge in [0.1, 0.15) is 12.0 Å². The van der Waals surface area contributed by atoms with Crippen LogP contribution in [0.3, 0.4) is 0 Å². The highest BCUT2D eigenvalue weighted by Crippen LogP contribution is 2.35. The third-order valence-corrected chi connectivity index (χ3v) is 9.17. The fourth-order valence-corrected chi connectivity index (χ4v) is 6.52. The number of carbonyl (C=O) groups is 1. The number of aliphatic hydroxyl groups excluding tert-OH is 1. The highest BCUT2D eigenvalue weighted by Gasteiger charge is 2.39. The molecule has 4 aromatic carbocycles. The minimum atomic E-state index is -3.91. The van der Waals surface area contributed by atoms with Crippen molar-refractivity contribution in [2.75, 3.05) is 6.61 Å². The van der Waals surface area contributed by atoms with Crippen LogP contribution in [0.1, 0.15) is 40.3 Å². The molecule has 228 valence electrons. The lowest BCUT2D eigenvalue weighted by molar-refractivity contribution is -0.156. The SMILES string of the molecule is Cc1ccc(S(=O)(=O)N[C@@H]2c3ccccc3C[C@@H]2OC(=O)[C@H](/C=C/c2ccccc2)[C@@H](O)CCOCc2ccccc2)cc1. The van der Waals surface area contributed by atoms with Crippen LogP contribution < -0.4 is 4.72 Å². The Hall–Kier alpha value is -4.08. The van der Waals surface area contributed by atoms with Crippen LogP contribution >= 0.6 is 0 Å². The lowest BCUT2D eigenvalue weighted by atomic mass is 9.98. The Morgan fingerprint density at radius 3 is 2.32 bits per heavy atom. The zero-order valence-electron chi connectivity index (χ0n) is 24.6. The topological polar surface area (TPSA) is 102 Å². The van der Waals surface area contributed by atoms with Crippen molar-refractivity contribution in [1.82, 2.24) is 4.72 Å². The number of nitrogens with one attached hydrogen (secondary N) is 1. The lowest BCUT2D eigenvalue weighted by Crippen LogP contribution is -2.39. The quantitative estimate of drug-likeness (QED) is 0.147. The molecule has 1 aliphatic rings. The molecule has 8 heteroatoms. The van der Waals surface area contributed by atoms with Crippen LogP contribution in [0.5, 0.6) is 0 Å². The molecule has 0 unspecified atom stereocenters. The van der Waals surface area contributed by atoms with E-state index in [1.807, 2.05) is 91.9 Å². The summed E-state index contributed by atoms with van der Waals surface area (Å²) in [5.74, 6) is -1.63. The standard InChI is InChI=1S/C36H37NO6S/c1-26-16-19-30(20-17-26)44(40,41)37-35-31-15-9-8-14-29(31)24-34(35)43-36(39)32(21-18-27-10-4-2-5-11-27)33(38)22-23-42-25-28-12-6-3-7-13-28/h2-21,32-35,37-38H,22-25H2,1H3/b21-18+/t32-,33+,34+,35-/m1/s1. The van der Waals surface area contributed by atoms with E-state index in [9.17, 15) is 18.3 Å². The van der Waals surface area contributed by atoms with E-state index in [4.69, 9.17) is 9.47 Å². The highest BCUT2D eigenvalue weighted by molar-refractivity contribution is 7.89. The van der Waals surface area contributed by atoms with Crippen molar-refractivity contribution in [3.63, 3.8) is 0 Å². The smallest absolute Gasteiger partial charge is 0.315 e. The van der Waals surface area contributed by atoms with Gasteiger partial charge >= 0.3 is 5.97 Å². The molecule has 7 nitrogen and oxygen atoms in total. The lowest BCUT2D eigenvalue weighted by Gasteiger charge is -2.25. The number of ether oxygens (including phenoxy) is 2. The molecule has 5 rings (SSSR count). The van der Waals surface area contributed by atoms with E-state index >= 15 is 0 Å². The van der Waals surface area contributed by atoms with Gasteiger partial charge in [0.2, 0.25) is 10.0 Å². The monoisotopic (exact) mass is 611 g/mol. The van der Waals surface area contributed by atoms with E-state index in [-0.39, 0.29) is 17.9 Å². The molecule has 0 aromatic heterocycles. The number of fused-ring (bicyclic) bond motifs is 1. The summed E-state index contributed by atoms with van der Waals surface area (Å²) >= 11 is 0. The zero-order chi connectivity index (χ0) is 30.9. The number of esters is 1. The Bertz CT molecular complexity index is 1660. The average Bonchev–Trinajstić information content (AvgIpc) is 3.36. The minimum absolute atomic E-state index is 0.132. The second-order valence-corrected chi connectivity index (χ2v) is 12.7. The fourth-order valence-electron chi connectivity index (χ4n) is 5.28. The van der Waals surface area contributed by atoms with Crippen LogP contribution in [0.4, 0.5) is 0 Å². The molecule has 4 atom stereocenters. The molecule has 0 saturated heterocycles. The second kappa shape index (κ2) is 14.6. The first kappa shape index (κ1) is 31.3. The molecule has 4 aromatic rings. The summed E-state index contributed by atoms with van der Waals surface area (Å²) < 4.78 is 41.3. The number of hydrogen-bond donors (Lipinski definition) is 2. The van der Waals surface area contributed by atoms with Gasteiger partial charge in [0, 0.05) is 13.0 Å². The zero-order valence-corrected chi connectivity index (χ0v) is 25.4. The largest absolute Gasteiger partial charge is 0.459 e. The maximum atomic E-state index is 13.7. The van der Waals surface area contributed by atoms with E-state index in [2.05, 4.69) is 4.72 Å². The predicted molar refractivity (Wildman–Crippen MR) is 170 cm³/mol. The molecule has 0 spiro atoms. The number of rotatable bonds is 13. The third kappa shape index (κ3) is 8.09. The number of carbonyl (C=O) groups excluding carboxylic acids is 1. The summed E-state index contributed by atoms with van der Waals surface area (Å²) in [5, 5.41) is 11.2. The van der Waals surface area contributed by atoms with E-state index in [1.54, 1.807) is 36.4 Å². The van der Waals surface area contributed by atoms with Gasteiger partial charge in [-0.25, -0.2) is 8.42 Å². The Kier molecular flexibility index (Phi) is 10.4. The minimum Gasteiger partial charge on any atom is -0.459 e.